The summed E-state index contributed by atoms with van der Waals surface area (Å²) in [7, 11) is 0. The van der Waals surface area contributed by atoms with Gasteiger partial charge in [-0.2, -0.15) is 11.8 Å². The first kappa shape index (κ1) is 13.0. The monoisotopic (exact) mass is 288 g/mol. The normalized spacial score (nSPS) is 13.1. The van der Waals surface area contributed by atoms with Gasteiger partial charge >= 0.3 is 0 Å². The summed E-state index contributed by atoms with van der Waals surface area (Å²) in [6.45, 7) is 4.39. The molecule has 0 spiro atoms. The molecule has 1 aromatic heterocycles. The molecular weight excluding hydrogens is 272 g/mol. The number of rotatable bonds is 5. The van der Waals surface area contributed by atoms with Crippen molar-refractivity contribution in [2.75, 3.05) is 5.75 Å². The molecule has 0 aliphatic carbocycles. The minimum absolute atomic E-state index is 0.216. The number of nitrogens with two attached hydrogens (primary N) is 1. The van der Waals surface area contributed by atoms with E-state index in [1.165, 1.54) is 5.56 Å². The molecule has 1 rings (SSSR count). The van der Waals surface area contributed by atoms with Crippen LogP contribution < -0.4 is 5.73 Å². The van der Waals surface area contributed by atoms with E-state index < -0.39 is 0 Å². The van der Waals surface area contributed by atoms with Gasteiger partial charge in [-0.15, -0.1) is 0 Å². The molecule has 0 bridgehead atoms. The molecule has 0 saturated heterocycles. The van der Waals surface area contributed by atoms with Crippen LogP contribution in [0, 0.1) is 0 Å². The molecule has 0 fully saturated rings. The summed E-state index contributed by atoms with van der Waals surface area (Å²) in [4.78, 5) is 4.12. The number of aromatic nitrogens is 1. The Kier molecular flexibility index (Phi) is 5.64. The summed E-state index contributed by atoms with van der Waals surface area (Å²) in [5.41, 5.74) is 7.24. The van der Waals surface area contributed by atoms with Crippen LogP contribution in [0.5, 0.6) is 0 Å². The quantitative estimate of drug-likeness (QED) is 0.906. The van der Waals surface area contributed by atoms with Crippen LogP contribution in [-0.2, 0) is 6.42 Å². The van der Waals surface area contributed by atoms with E-state index in [4.69, 9.17) is 5.73 Å². The van der Waals surface area contributed by atoms with Crippen molar-refractivity contribution in [2.24, 2.45) is 5.73 Å². The van der Waals surface area contributed by atoms with Crippen LogP contribution in [0.2, 0.25) is 0 Å². The molecule has 84 valence electrons. The maximum absolute atomic E-state index is 6.04. The van der Waals surface area contributed by atoms with Crippen molar-refractivity contribution >= 4 is 27.7 Å². The van der Waals surface area contributed by atoms with Gasteiger partial charge in [-0.1, -0.05) is 13.8 Å². The molecule has 0 amide bonds. The standard InChI is InChI=1S/C11H17BrN2S/c1-8(2)15-7-11(13)4-9-3-10(12)6-14-5-9/h3,5-6,8,11H,4,7,13H2,1-2H3. The fourth-order valence-corrected chi connectivity index (χ4v) is 2.41. The van der Waals surface area contributed by atoms with E-state index in [1.807, 2.05) is 18.0 Å². The molecule has 1 unspecified atom stereocenters. The van der Waals surface area contributed by atoms with Crippen molar-refractivity contribution in [2.45, 2.75) is 31.6 Å². The van der Waals surface area contributed by atoms with Gasteiger partial charge in [-0.25, -0.2) is 0 Å². The highest BCUT2D eigenvalue weighted by atomic mass is 79.9. The molecule has 0 aromatic carbocycles. The SMILES string of the molecule is CC(C)SCC(N)Cc1cncc(Br)c1. The number of thioether (sulfide) groups is 1. The maximum atomic E-state index is 6.04. The third-order valence-corrected chi connectivity index (χ3v) is 3.62. The van der Waals surface area contributed by atoms with Gasteiger partial charge in [0.15, 0.2) is 0 Å². The molecule has 15 heavy (non-hydrogen) atoms. The number of hydrogen-bond donors (Lipinski definition) is 1. The van der Waals surface area contributed by atoms with E-state index in [-0.39, 0.29) is 6.04 Å². The highest BCUT2D eigenvalue weighted by Gasteiger charge is 2.06. The first-order valence-electron chi connectivity index (χ1n) is 5.04. The Bertz CT molecular complexity index is 304. The van der Waals surface area contributed by atoms with Gasteiger partial charge in [0.2, 0.25) is 0 Å². The number of halogens is 1. The highest BCUT2D eigenvalue weighted by molar-refractivity contribution is 9.10. The molecule has 2 nitrogen and oxygen atoms in total. The van der Waals surface area contributed by atoms with Crippen molar-refractivity contribution in [3.8, 4) is 0 Å². The van der Waals surface area contributed by atoms with Crippen molar-refractivity contribution in [1.29, 1.82) is 0 Å². The zero-order valence-corrected chi connectivity index (χ0v) is 11.5. The summed E-state index contributed by atoms with van der Waals surface area (Å²) in [6.07, 6.45) is 4.56. The first-order chi connectivity index (χ1) is 7.08. The fraction of sp³-hybridized carbons (Fsp3) is 0.545. The van der Waals surface area contributed by atoms with Gasteiger partial charge in [-0.3, -0.25) is 4.98 Å². The van der Waals surface area contributed by atoms with Gasteiger partial charge < -0.3 is 5.73 Å². The van der Waals surface area contributed by atoms with Crippen LogP contribution in [0.4, 0.5) is 0 Å². The molecule has 1 atom stereocenters. The van der Waals surface area contributed by atoms with E-state index in [0.29, 0.717) is 5.25 Å². The van der Waals surface area contributed by atoms with E-state index in [2.05, 4.69) is 40.8 Å². The lowest BCUT2D eigenvalue weighted by Gasteiger charge is -2.12. The highest BCUT2D eigenvalue weighted by Crippen LogP contribution is 2.14. The zero-order valence-electron chi connectivity index (χ0n) is 9.11. The largest absolute Gasteiger partial charge is 0.327 e. The number of hydrogen-bond acceptors (Lipinski definition) is 3. The molecular formula is C11H17BrN2S. The predicted octanol–water partition coefficient (Wildman–Crippen LogP) is 2.86. The first-order valence-corrected chi connectivity index (χ1v) is 6.88. The average Bonchev–Trinajstić information content (AvgIpc) is 2.15. The van der Waals surface area contributed by atoms with Crippen LogP contribution in [0.15, 0.2) is 22.9 Å². The molecule has 0 aliphatic heterocycles. The lowest BCUT2D eigenvalue weighted by Crippen LogP contribution is -2.26. The van der Waals surface area contributed by atoms with Crippen molar-refractivity contribution in [1.82, 2.24) is 4.98 Å². The molecule has 2 N–H and O–H groups in total. The minimum atomic E-state index is 0.216. The topological polar surface area (TPSA) is 38.9 Å². The summed E-state index contributed by atoms with van der Waals surface area (Å²) < 4.78 is 1.02. The van der Waals surface area contributed by atoms with E-state index in [1.54, 1.807) is 6.20 Å². The van der Waals surface area contributed by atoms with Crippen LogP contribution in [-0.4, -0.2) is 22.0 Å². The van der Waals surface area contributed by atoms with Crippen LogP contribution >= 0.6 is 27.7 Å². The Morgan fingerprint density at radius 3 is 2.80 bits per heavy atom. The summed E-state index contributed by atoms with van der Waals surface area (Å²) >= 11 is 5.31. The van der Waals surface area contributed by atoms with Crippen LogP contribution in [0.1, 0.15) is 19.4 Å². The van der Waals surface area contributed by atoms with Crippen LogP contribution in [0.25, 0.3) is 0 Å². The summed E-state index contributed by atoms with van der Waals surface area (Å²) in [5.74, 6) is 1.00. The second-order valence-corrected chi connectivity index (χ2v) is 6.38. The zero-order chi connectivity index (χ0) is 11.3. The van der Waals surface area contributed by atoms with Gasteiger partial charge in [0, 0.05) is 28.7 Å². The van der Waals surface area contributed by atoms with Gasteiger partial charge in [0.25, 0.3) is 0 Å². The molecule has 0 radical (unpaired) electrons. The summed E-state index contributed by atoms with van der Waals surface area (Å²) in [6, 6.07) is 2.29. The maximum Gasteiger partial charge on any atom is 0.0410 e. The Balaban J connectivity index is 2.40. The van der Waals surface area contributed by atoms with Gasteiger partial charge in [0.05, 0.1) is 0 Å². The van der Waals surface area contributed by atoms with E-state index >= 15 is 0 Å². The van der Waals surface area contributed by atoms with Crippen molar-refractivity contribution < 1.29 is 0 Å². The Hall–Kier alpha value is -0.0600. The molecule has 0 aliphatic rings. The second-order valence-electron chi connectivity index (χ2n) is 3.86. The van der Waals surface area contributed by atoms with E-state index in [0.717, 1.165) is 16.6 Å². The van der Waals surface area contributed by atoms with Crippen molar-refractivity contribution in [3.63, 3.8) is 0 Å². The smallest absolute Gasteiger partial charge is 0.0410 e. The minimum Gasteiger partial charge on any atom is -0.327 e. The number of pyridine rings is 1. The predicted molar refractivity (Wildman–Crippen MR) is 71.2 cm³/mol. The van der Waals surface area contributed by atoms with Gasteiger partial charge in [-0.05, 0) is 39.2 Å². The van der Waals surface area contributed by atoms with Gasteiger partial charge in [0.1, 0.15) is 0 Å². The lowest BCUT2D eigenvalue weighted by atomic mass is 10.1. The van der Waals surface area contributed by atoms with E-state index in [9.17, 15) is 0 Å². The molecule has 4 heteroatoms. The molecule has 1 heterocycles. The summed E-state index contributed by atoms with van der Waals surface area (Å²) in [5, 5.41) is 0.650. The number of nitrogens with zero attached hydrogens (tertiary/aromatic N) is 1. The van der Waals surface area contributed by atoms with Crippen molar-refractivity contribution in [3.05, 3.63) is 28.5 Å². The molecule has 0 saturated carbocycles. The second kappa shape index (κ2) is 6.51. The average molecular weight is 289 g/mol. The Morgan fingerprint density at radius 2 is 2.20 bits per heavy atom. The third kappa shape index (κ3) is 5.54. The Labute approximate surface area is 104 Å². The Morgan fingerprint density at radius 1 is 1.47 bits per heavy atom. The van der Waals surface area contributed by atoms with Crippen LogP contribution in [0.3, 0.4) is 0 Å². The molecule has 1 aromatic rings. The third-order valence-electron chi connectivity index (χ3n) is 1.90. The fourth-order valence-electron chi connectivity index (χ4n) is 1.25. The lowest BCUT2D eigenvalue weighted by molar-refractivity contribution is 0.744.